The summed E-state index contributed by atoms with van der Waals surface area (Å²) in [5.41, 5.74) is -0.724. The maximum Gasteiger partial charge on any atom is 0.338 e. The van der Waals surface area contributed by atoms with Gasteiger partial charge >= 0.3 is 5.97 Å². The second-order valence-corrected chi connectivity index (χ2v) is 12.8. The summed E-state index contributed by atoms with van der Waals surface area (Å²) in [6, 6.07) is 8.97. The highest BCUT2D eigenvalue weighted by Crippen LogP contribution is 2.60. The number of esters is 1. The number of fused-ring (bicyclic) bond motifs is 1. The van der Waals surface area contributed by atoms with Gasteiger partial charge in [0, 0.05) is 25.7 Å². The van der Waals surface area contributed by atoms with E-state index >= 15 is 0 Å². The largest absolute Gasteiger partial charge is 0.458 e. The average molecular weight is 591 g/mol. The molecule has 0 aromatic heterocycles. The van der Waals surface area contributed by atoms with Gasteiger partial charge in [0.05, 0.1) is 23.4 Å². The lowest BCUT2D eigenvalue weighted by atomic mass is 9.74. The highest BCUT2D eigenvalue weighted by Gasteiger charge is 2.75. The zero-order valence-corrected chi connectivity index (χ0v) is 23.4. The van der Waals surface area contributed by atoms with Gasteiger partial charge in [0.15, 0.2) is 5.79 Å². The van der Waals surface area contributed by atoms with Crippen LogP contribution in [-0.2, 0) is 33.2 Å². The highest BCUT2D eigenvalue weighted by atomic mass is 79.9. The molecule has 6 saturated heterocycles. The number of benzene rings is 1. The zero-order chi connectivity index (χ0) is 26.7. The average Bonchev–Trinajstić information content (AvgIpc) is 3.26. The molecule has 0 spiro atoms. The molecule has 6 bridgehead atoms. The summed E-state index contributed by atoms with van der Waals surface area (Å²) >= 11 is 3.43. The summed E-state index contributed by atoms with van der Waals surface area (Å²) in [6.07, 6.45) is 2.76. The van der Waals surface area contributed by atoms with Gasteiger partial charge in [-0.25, -0.2) is 4.79 Å². The number of ether oxygens (including phenoxy) is 6. The van der Waals surface area contributed by atoms with Gasteiger partial charge in [-0.1, -0.05) is 40.7 Å². The SMILES string of the molecule is C=C(Br)C[C@@H](CC[C@@]12C[C@H]3O[C@H]4[C@@H](O1)[C@H]1OC(CC=O)CCC1(C)O[C@@]4(C)C3O2)OC(=O)c1ccccc1. The fraction of sp³-hybridized carbons (Fsp3) is 0.655. The molecule has 0 aliphatic carbocycles. The van der Waals surface area contributed by atoms with Crippen LogP contribution >= 0.6 is 15.9 Å². The highest BCUT2D eigenvalue weighted by molar-refractivity contribution is 9.11. The molecule has 6 aliphatic rings. The van der Waals surface area contributed by atoms with Gasteiger partial charge in [0.2, 0.25) is 0 Å². The lowest BCUT2D eigenvalue weighted by Crippen LogP contribution is -2.71. The van der Waals surface area contributed by atoms with E-state index in [4.69, 9.17) is 28.4 Å². The molecule has 38 heavy (non-hydrogen) atoms. The van der Waals surface area contributed by atoms with Gasteiger partial charge in [0.25, 0.3) is 0 Å². The van der Waals surface area contributed by atoms with Crippen LogP contribution in [0.2, 0.25) is 0 Å². The van der Waals surface area contributed by atoms with Crippen molar-refractivity contribution >= 4 is 28.2 Å². The first-order chi connectivity index (χ1) is 18.1. The van der Waals surface area contributed by atoms with E-state index in [0.29, 0.717) is 37.7 Å². The maximum atomic E-state index is 12.8. The molecule has 9 heteroatoms. The number of rotatable bonds is 9. The third-order valence-corrected chi connectivity index (χ3v) is 9.21. The standard InChI is InChI=1S/C29H35BrO8/c1-17(30)15-20(34-26(32)18-7-5-4-6-8-18)10-13-29-16-21-23(37-29)28(3)25(35-21)22(36-29)24-27(2,38-28)12-9-19(33-24)11-14-31/h4-8,14,19-25H,1,9-13,15-16H2,2-3H3/t19?,20-,21-,22+,23?,24-,25+,27?,28+,29-/m1/s1. The second kappa shape index (κ2) is 9.78. The normalized spacial score (nSPS) is 43.2. The van der Waals surface area contributed by atoms with Crippen molar-refractivity contribution in [1.29, 1.82) is 0 Å². The molecule has 6 heterocycles. The molecule has 0 amide bonds. The van der Waals surface area contributed by atoms with Gasteiger partial charge in [0.1, 0.15) is 42.4 Å². The minimum absolute atomic E-state index is 0.152. The van der Waals surface area contributed by atoms with Crippen molar-refractivity contribution in [1.82, 2.24) is 0 Å². The molecule has 206 valence electrons. The van der Waals surface area contributed by atoms with Gasteiger partial charge < -0.3 is 33.2 Å². The van der Waals surface area contributed by atoms with E-state index in [1.807, 2.05) is 18.2 Å². The first kappa shape index (κ1) is 26.6. The van der Waals surface area contributed by atoms with E-state index in [-0.39, 0.29) is 36.5 Å². The zero-order valence-electron chi connectivity index (χ0n) is 21.8. The van der Waals surface area contributed by atoms with Crippen LogP contribution in [0.3, 0.4) is 0 Å². The van der Waals surface area contributed by atoms with E-state index in [1.165, 1.54) is 0 Å². The Hall–Kier alpha value is -1.62. The number of carbonyl (C=O) groups is 2. The fourth-order valence-corrected chi connectivity index (χ4v) is 7.52. The summed E-state index contributed by atoms with van der Waals surface area (Å²) in [4.78, 5) is 24.1. The van der Waals surface area contributed by atoms with Crippen LogP contribution in [-0.4, -0.2) is 72.0 Å². The maximum absolute atomic E-state index is 12.8. The molecule has 8 nitrogen and oxygen atoms in total. The molecule has 6 fully saturated rings. The van der Waals surface area contributed by atoms with Crippen molar-refractivity contribution < 1.29 is 38.0 Å². The van der Waals surface area contributed by atoms with Crippen molar-refractivity contribution in [2.45, 2.75) is 119 Å². The van der Waals surface area contributed by atoms with E-state index in [9.17, 15) is 9.59 Å². The first-order valence-electron chi connectivity index (χ1n) is 13.5. The van der Waals surface area contributed by atoms with E-state index in [0.717, 1.165) is 23.6 Å². The van der Waals surface area contributed by atoms with Crippen molar-refractivity contribution in [2.75, 3.05) is 0 Å². The summed E-state index contributed by atoms with van der Waals surface area (Å²) in [6.45, 7) is 8.11. The summed E-state index contributed by atoms with van der Waals surface area (Å²) in [5.74, 6) is -1.28. The van der Waals surface area contributed by atoms with Gasteiger partial charge in [-0.05, 0) is 49.7 Å². The van der Waals surface area contributed by atoms with Crippen molar-refractivity contribution in [3.05, 3.63) is 47.0 Å². The molecular formula is C29H35BrO8. The Labute approximate surface area is 231 Å². The van der Waals surface area contributed by atoms with Crippen LogP contribution in [0, 0.1) is 0 Å². The van der Waals surface area contributed by atoms with Crippen LogP contribution in [0.15, 0.2) is 41.4 Å². The lowest BCUT2D eigenvalue weighted by molar-refractivity contribution is -0.329. The molecule has 3 unspecified atom stereocenters. The summed E-state index contributed by atoms with van der Waals surface area (Å²) < 4.78 is 40.0. The Bertz CT molecular complexity index is 1100. The number of carbonyl (C=O) groups excluding carboxylic acids is 2. The monoisotopic (exact) mass is 590 g/mol. The predicted molar refractivity (Wildman–Crippen MR) is 140 cm³/mol. The van der Waals surface area contributed by atoms with Gasteiger partial charge in [-0.15, -0.1) is 0 Å². The number of hydrogen-bond donors (Lipinski definition) is 0. The topological polar surface area (TPSA) is 89.5 Å². The van der Waals surface area contributed by atoms with Crippen molar-refractivity contribution in [3.8, 4) is 0 Å². The molecule has 10 atom stereocenters. The van der Waals surface area contributed by atoms with E-state index < -0.39 is 29.2 Å². The Kier molecular flexibility index (Phi) is 6.85. The Morgan fingerprint density at radius 3 is 2.71 bits per heavy atom. The fourth-order valence-electron chi connectivity index (χ4n) is 7.16. The van der Waals surface area contributed by atoms with E-state index in [2.05, 4.69) is 36.4 Å². The Morgan fingerprint density at radius 2 is 1.97 bits per heavy atom. The van der Waals surface area contributed by atoms with Gasteiger partial charge in [-0.3, -0.25) is 0 Å². The predicted octanol–water partition coefficient (Wildman–Crippen LogP) is 4.63. The summed E-state index contributed by atoms with van der Waals surface area (Å²) in [7, 11) is 0. The second-order valence-electron chi connectivity index (χ2n) is 11.7. The van der Waals surface area contributed by atoms with Crippen molar-refractivity contribution in [2.24, 2.45) is 0 Å². The molecule has 1 aromatic carbocycles. The number of halogens is 1. The van der Waals surface area contributed by atoms with Crippen LogP contribution < -0.4 is 0 Å². The minimum Gasteiger partial charge on any atom is -0.458 e. The number of aldehydes is 1. The third-order valence-electron chi connectivity index (χ3n) is 8.89. The molecule has 1 aromatic rings. The molecule has 7 rings (SSSR count). The molecule has 6 aliphatic heterocycles. The lowest BCUT2D eigenvalue weighted by Gasteiger charge is -2.56. The Balaban J connectivity index is 1.23. The van der Waals surface area contributed by atoms with Crippen LogP contribution in [0.25, 0.3) is 0 Å². The molecule has 0 radical (unpaired) electrons. The quantitative estimate of drug-likeness (QED) is 0.304. The number of hydrogen-bond acceptors (Lipinski definition) is 8. The van der Waals surface area contributed by atoms with E-state index in [1.54, 1.807) is 12.1 Å². The van der Waals surface area contributed by atoms with Gasteiger partial charge in [-0.2, -0.15) is 0 Å². The molecular weight excluding hydrogens is 556 g/mol. The third kappa shape index (κ3) is 4.49. The smallest absolute Gasteiger partial charge is 0.338 e. The van der Waals surface area contributed by atoms with Crippen molar-refractivity contribution in [3.63, 3.8) is 0 Å². The first-order valence-corrected chi connectivity index (χ1v) is 14.3. The van der Waals surface area contributed by atoms with Crippen LogP contribution in [0.5, 0.6) is 0 Å². The Morgan fingerprint density at radius 1 is 1.18 bits per heavy atom. The van der Waals surface area contributed by atoms with Crippen LogP contribution in [0.4, 0.5) is 0 Å². The minimum atomic E-state index is -0.910. The summed E-state index contributed by atoms with van der Waals surface area (Å²) in [5, 5.41) is 0. The molecule has 0 saturated carbocycles. The molecule has 0 N–H and O–H groups in total. The van der Waals surface area contributed by atoms with Crippen LogP contribution in [0.1, 0.15) is 69.2 Å².